The second-order valence-electron chi connectivity index (χ2n) is 6.54. The van der Waals surface area contributed by atoms with Crippen LogP contribution in [-0.2, 0) is 6.54 Å². The molecule has 1 unspecified atom stereocenters. The first-order valence-corrected chi connectivity index (χ1v) is 8.63. The Hall–Kier alpha value is -2.51. The summed E-state index contributed by atoms with van der Waals surface area (Å²) in [6, 6.07) is 8.41. The summed E-state index contributed by atoms with van der Waals surface area (Å²) in [5.41, 5.74) is 2.30. The summed E-state index contributed by atoms with van der Waals surface area (Å²) < 4.78 is 1.76. The predicted molar refractivity (Wildman–Crippen MR) is 92.9 cm³/mol. The van der Waals surface area contributed by atoms with Crippen molar-refractivity contribution in [1.29, 1.82) is 0 Å². The Morgan fingerprint density at radius 2 is 2.00 bits per heavy atom. The van der Waals surface area contributed by atoms with Crippen LogP contribution in [0.3, 0.4) is 0 Å². The number of hydrogen-bond acceptors (Lipinski definition) is 5. The lowest BCUT2D eigenvalue weighted by Crippen LogP contribution is -2.35. The van der Waals surface area contributed by atoms with Crippen LogP contribution in [0.15, 0.2) is 49.3 Å². The molecule has 7 nitrogen and oxygen atoms in total. The second-order valence-corrected chi connectivity index (χ2v) is 6.54. The van der Waals surface area contributed by atoms with Gasteiger partial charge in [0, 0.05) is 18.9 Å². The fourth-order valence-corrected chi connectivity index (χ4v) is 3.44. The third-order valence-electron chi connectivity index (χ3n) is 4.90. The van der Waals surface area contributed by atoms with E-state index in [2.05, 4.69) is 49.2 Å². The molecule has 1 aliphatic heterocycles. The van der Waals surface area contributed by atoms with Crippen LogP contribution in [0.25, 0.3) is 5.69 Å². The molecule has 25 heavy (non-hydrogen) atoms. The maximum absolute atomic E-state index is 10.4. The zero-order chi connectivity index (χ0) is 17.1. The molecule has 3 heterocycles. The molecule has 0 radical (unpaired) electrons. The molecule has 130 valence electrons. The van der Waals surface area contributed by atoms with Gasteiger partial charge in [0.15, 0.2) is 0 Å². The minimum atomic E-state index is -0.487. The van der Waals surface area contributed by atoms with E-state index in [0.29, 0.717) is 5.82 Å². The summed E-state index contributed by atoms with van der Waals surface area (Å²) in [4.78, 5) is 13.6. The molecule has 1 aromatic carbocycles. The molecule has 0 amide bonds. The Balaban J connectivity index is 1.31. The molecule has 2 N–H and O–H groups in total. The fourth-order valence-electron chi connectivity index (χ4n) is 3.44. The zero-order valence-corrected chi connectivity index (χ0v) is 14.0. The van der Waals surface area contributed by atoms with Crippen LogP contribution in [0.1, 0.15) is 30.3 Å². The Morgan fingerprint density at radius 1 is 1.20 bits per heavy atom. The molecule has 2 aromatic heterocycles. The largest absolute Gasteiger partial charge is 0.385 e. The highest BCUT2D eigenvalue weighted by molar-refractivity contribution is 5.33. The normalized spacial score (nSPS) is 17.6. The van der Waals surface area contributed by atoms with E-state index < -0.39 is 6.10 Å². The summed E-state index contributed by atoms with van der Waals surface area (Å²) in [6.07, 6.45) is 8.17. The SMILES string of the molecule is OC(c1ncc[nH]1)C1CCN(Cc2ccc(-n3cncn3)cc2)CC1. The summed E-state index contributed by atoms with van der Waals surface area (Å²) in [5, 5.41) is 14.5. The lowest BCUT2D eigenvalue weighted by Gasteiger charge is -2.33. The van der Waals surface area contributed by atoms with Crippen LogP contribution in [0.5, 0.6) is 0 Å². The molecule has 4 rings (SSSR count). The topological polar surface area (TPSA) is 82.9 Å². The van der Waals surface area contributed by atoms with Crippen molar-refractivity contribution < 1.29 is 5.11 Å². The molecule has 1 aliphatic rings. The molecule has 0 spiro atoms. The zero-order valence-electron chi connectivity index (χ0n) is 14.0. The number of nitrogens with one attached hydrogen (secondary N) is 1. The van der Waals surface area contributed by atoms with Gasteiger partial charge in [-0.05, 0) is 49.5 Å². The van der Waals surface area contributed by atoms with E-state index in [4.69, 9.17) is 0 Å². The van der Waals surface area contributed by atoms with Crippen LogP contribution in [0.2, 0.25) is 0 Å². The average Bonchev–Trinajstić information content (AvgIpc) is 3.36. The Morgan fingerprint density at radius 3 is 2.64 bits per heavy atom. The number of aliphatic hydroxyl groups excluding tert-OH is 1. The van der Waals surface area contributed by atoms with Crippen molar-refractivity contribution in [3.05, 3.63) is 60.7 Å². The molecule has 1 saturated heterocycles. The van der Waals surface area contributed by atoms with Crippen LogP contribution in [-0.4, -0.2) is 47.8 Å². The summed E-state index contributed by atoms with van der Waals surface area (Å²) in [5.74, 6) is 0.958. The van der Waals surface area contributed by atoms with E-state index in [1.54, 1.807) is 23.4 Å². The number of aromatic nitrogens is 5. The van der Waals surface area contributed by atoms with E-state index in [1.165, 1.54) is 11.9 Å². The maximum Gasteiger partial charge on any atom is 0.138 e. The number of aromatic amines is 1. The lowest BCUT2D eigenvalue weighted by atomic mass is 9.90. The first kappa shape index (κ1) is 16.0. The van der Waals surface area contributed by atoms with E-state index in [0.717, 1.165) is 38.2 Å². The summed E-state index contributed by atoms with van der Waals surface area (Å²) in [7, 11) is 0. The van der Waals surface area contributed by atoms with Gasteiger partial charge < -0.3 is 10.1 Å². The number of rotatable bonds is 5. The van der Waals surface area contributed by atoms with Crippen molar-refractivity contribution in [1.82, 2.24) is 29.6 Å². The standard InChI is InChI=1S/C18H22N6O/c25-17(18-20-7-8-21-18)15-5-9-23(10-6-15)11-14-1-3-16(4-2-14)24-13-19-12-22-24/h1-4,7-8,12-13,15,17,25H,5-6,9-11H2,(H,20,21). The number of piperidine rings is 1. The van der Waals surface area contributed by atoms with Crippen molar-refractivity contribution in [3.8, 4) is 5.69 Å². The van der Waals surface area contributed by atoms with Crippen molar-refractivity contribution in [2.45, 2.75) is 25.5 Å². The van der Waals surface area contributed by atoms with Gasteiger partial charge in [-0.2, -0.15) is 5.10 Å². The number of benzene rings is 1. The van der Waals surface area contributed by atoms with Crippen molar-refractivity contribution >= 4 is 0 Å². The third-order valence-corrected chi connectivity index (χ3v) is 4.90. The van der Waals surface area contributed by atoms with Gasteiger partial charge >= 0.3 is 0 Å². The molecule has 0 bridgehead atoms. The van der Waals surface area contributed by atoms with E-state index in [9.17, 15) is 5.11 Å². The van der Waals surface area contributed by atoms with E-state index in [-0.39, 0.29) is 5.92 Å². The number of H-pyrrole nitrogens is 1. The lowest BCUT2D eigenvalue weighted by molar-refractivity contribution is 0.0515. The van der Waals surface area contributed by atoms with Gasteiger partial charge in [0.1, 0.15) is 24.6 Å². The predicted octanol–water partition coefficient (Wildman–Crippen LogP) is 1.94. The van der Waals surface area contributed by atoms with Gasteiger partial charge in [0.05, 0.1) is 5.69 Å². The minimum Gasteiger partial charge on any atom is -0.385 e. The number of nitrogens with zero attached hydrogens (tertiary/aromatic N) is 5. The smallest absolute Gasteiger partial charge is 0.138 e. The average molecular weight is 338 g/mol. The van der Waals surface area contributed by atoms with Gasteiger partial charge in [0.25, 0.3) is 0 Å². The fraction of sp³-hybridized carbons (Fsp3) is 0.389. The number of imidazole rings is 1. The highest BCUT2D eigenvalue weighted by Crippen LogP contribution is 2.29. The molecular weight excluding hydrogens is 316 g/mol. The highest BCUT2D eigenvalue weighted by Gasteiger charge is 2.27. The highest BCUT2D eigenvalue weighted by atomic mass is 16.3. The molecule has 1 fully saturated rings. The monoisotopic (exact) mass is 338 g/mol. The molecule has 7 heteroatoms. The molecule has 1 atom stereocenters. The van der Waals surface area contributed by atoms with Gasteiger partial charge in [-0.15, -0.1) is 0 Å². The first-order valence-electron chi connectivity index (χ1n) is 8.63. The number of likely N-dealkylation sites (tertiary alicyclic amines) is 1. The summed E-state index contributed by atoms with van der Waals surface area (Å²) in [6.45, 7) is 2.92. The Kier molecular flexibility index (Phi) is 4.58. The van der Waals surface area contributed by atoms with Crippen LogP contribution in [0.4, 0.5) is 0 Å². The minimum absolute atomic E-state index is 0.275. The van der Waals surface area contributed by atoms with Gasteiger partial charge in [0.2, 0.25) is 0 Å². The Bertz CT molecular complexity index is 761. The third kappa shape index (κ3) is 3.62. The molecule has 3 aromatic rings. The van der Waals surface area contributed by atoms with E-state index in [1.807, 2.05) is 0 Å². The van der Waals surface area contributed by atoms with Crippen LogP contribution < -0.4 is 0 Å². The van der Waals surface area contributed by atoms with Gasteiger partial charge in [-0.3, -0.25) is 4.90 Å². The first-order chi connectivity index (χ1) is 12.3. The van der Waals surface area contributed by atoms with Crippen molar-refractivity contribution in [2.24, 2.45) is 5.92 Å². The Labute approximate surface area is 146 Å². The second kappa shape index (κ2) is 7.16. The quantitative estimate of drug-likeness (QED) is 0.743. The molecule has 0 saturated carbocycles. The van der Waals surface area contributed by atoms with Gasteiger partial charge in [-0.1, -0.05) is 12.1 Å². The van der Waals surface area contributed by atoms with Crippen LogP contribution >= 0.6 is 0 Å². The summed E-state index contributed by atoms with van der Waals surface area (Å²) >= 11 is 0. The molecule has 0 aliphatic carbocycles. The molecular formula is C18H22N6O. The van der Waals surface area contributed by atoms with Crippen molar-refractivity contribution in [3.63, 3.8) is 0 Å². The number of aliphatic hydroxyl groups is 1. The van der Waals surface area contributed by atoms with E-state index >= 15 is 0 Å². The van der Waals surface area contributed by atoms with Crippen LogP contribution in [0, 0.1) is 5.92 Å². The van der Waals surface area contributed by atoms with Gasteiger partial charge in [-0.25, -0.2) is 14.6 Å². The van der Waals surface area contributed by atoms with Crippen molar-refractivity contribution in [2.75, 3.05) is 13.1 Å². The maximum atomic E-state index is 10.4. The number of hydrogen-bond donors (Lipinski definition) is 2.